The Hall–Kier alpha value is -1.62. The van der Waals surface area contributed by atoms with Crippen LogP contribution in [-0.2, 0) is 6.61 Å². The molecule has 0 amide bonds. The van der Waals surface area contributed by atoms with Gasteiger partial charge in [0.1, 0.15) is 23.2 Å². The van der Waals surface area contributed by atoms with Crippen molar-refractivity contribution in [2.24, 2.45) is 0 Å². The number of nitrogens with zero attached hydrogens (tertiary/aromatic N) is 1. The highest BCUT2D eigenvalue weighted by Crippen LogP contribution is 2.19. The Morgan fingerprint density at radius 2 is 2.07 bits per heavy atom. The van der Waals surface area contributed by atoms with Crippen molar-refractivity contribution >= 4 is 16.5 Å². The van der Waals surface area contributed by atoms with Crippen LogP contribution in [0, 0.1) is 5.82 Å². The summed E-state index contributed by atoms with van der Waals surface area (Å²) >= 11 is 1.23. The van der Waals surface area contributed by atoms with Crippen LogP contribution in [0.4, 0.5) is 9.39 Å². The molecule has 1 aromatic carbocycles. The maximum atomic E-state index is 12.6. The topological polar surface area (TPSA) is 48.1 Å². The molecule has 78 valence electrons. The van der Waals surface area contributed by atoms with Crippen LogP contribution in [0.3, 0.4) is 0 Å². The summed E-state index contributed by atoms with van der Waals surface area (Å²) in [4.78, 5) is 0. The zero-order valence-corrected chi connectivity index (χ0v) is 8.63. The Kier molecular flexibility index (Phi) is 2.82. The smallest absolute Gasteiger partial charge is 0.123 e. The summed E-state index contributed by atoms with van der Waals surface area (Å²) in [6.45, 7) is 0.355. The van der Waals surface area contributed by atoms with E-state index < -0.39 is 0 Å². The number of hydrogen-bond donors (Lipinski definition) is 1. The predicted molar refractivity (Wildman–Crippen MR) is 57.3 cm³/mol. The first-order valence-electron chi connectivity index (χ1n) is 4.33. The van der Waals surface area contributed by atoms with Crippen LogP contribution in [0.2, 0.25) is 0 Å². The number of nitrogens with two attached hydrogens (primary N) is 1. The molecule has 0 spiro atoms. The molecule has 0 saturated carbocycles. The third-order valence-corrected chi connectivity index (χ3v) is 2.55. The number of aromatic nitrogens is 1. The summed E-state index contributed by atoms with van der Waals surface area (Å²) in [7, 11) is 0. The second kappa shape index (κ2) is 4.27. The molecular weight excluding hydrogens is 215 g/mol. The van der Waals surface area contributed by atoms with Gasteiger partial charge >= 0.3 is 0 Å². The van der Waals surface area contributed by atoms with Crippen molar-refractivity contribution in [3.63, 3.8) is 0 Å². The third-order valence-electron chi connectivity index (χ3n) is 1.88. The SMILES string of the molecule is Nc1sncc1COc1ccc(F)cc1. The van der Waals surface area contributed by atoms with Crippen LogP contribution in [0.25, 0.3) is 0 Å². The molecule has 0 aliphatic carbocycles. The fraction of sp³-hybridized carbons (Fsp3) is 0.100. The molecule has 1 aromatic heterocycles. The Labute approximate surface area is 90.5 Å². The zero-order valence-electron chi connectivity index (χ0n) is 7.81. The number of nitrogen functional groups attached to an aromatic ring is 1. The standard InChI is InChI=1S/C10H9FN2OS/c11-8-1-3-9(4-2-8)14-6-7-5-13-15-10(7)12/h1-5H,6,12H2. The zero-order chi connectivity index (χ0) is 10.7. The Balaban J connectivity index is 1.99. The molecule has 1 heterocycles. The minimum atomic E-state index is -0.279. The molecule has 2 aromatic rings. The molecule has 0 radical (unpaired) electrons. The molecule has 0 fully saturated rings. The van der Waals surface area contributed by atoms with E-state index >= 15 is 0 Å². The molecule has 5 heteroatoms. The van der Waals surface area contributed by atoms with E-state index in [0.717, 1.165) is 5.56 Å². The predicted octanol–water partition coefficient (Wildman–Crippen LogP) is 2.44. The van der Waals surface area contributed by atoms with E-state index in [2.05, 4.69) is 4.37 Å². The van der Waals surface area contributed by atoms with Crippen LogP contribution < -0.4 is 10.5 Å². The van der Waals surface area contributed by atoms with Crippen molar-refractivity contribution in [2.75, 3.05) is 5.73 Å². The number of hydrogen-bond acceptors (Lipinski definition) is 4. The quantitative estimate of drug-likeness (QED) is 0.871. The summed E-state index contributed by atoms with van der Waals surface area (Å²) in [5.74, 6) is 0.334. The van der Waals surface area contributed by atoms with Crippen LogP contribution in [0.15, 0.2) is 30.5 Å². The molecular formula is C10H9FN2OS. The summed E-state index contributed by atoms with van der Waals surface area (Å²) in [5.41, 5.74) is 6.50. The molecule has 2 rings (SSSR count). The van der Waals surface area contributed by atoms with Gasteiger partial charge in [0.25, 0.3) is 0 Å². The van der Waals surface area contributed by atoms with Gasteiger partial charge in [0, 0.05) is 11.8 Å². The van der Waals surface area contributed by atoms with Gasteiger partial charge in [-0.15, -0.1) is 0 Å². The van der Waals surface area contributed by atoms with E-state index in [1.807, 2.05) is 0 Å². The van der Waals surface area contributed by atoms with E-state index in [0.29, 0.717) is 17.4 Å². The lowest BCUT2D eigenvalue weighted by molar-refractivity contribution is 0.306. The molecule has 0 bridgehead atoms. The van der Waals surface area contributed by atoms with Crippen LogP contribution in [-0.4, -0.2) is 4.37 Å². The largest absolute Gasteiger partial charge is 0.489 e. The molecule has 0 saturated heterocycles. The number of benzene rings is 1. The van der Waals surface area contributed by atoms with Crippen LogP contribution in [0.5, 0.6) is 5.75 Å². The van der Waals surface area contributed by atoms with Gasteiger partial charge in [-0.3, -0.25) is 0 Å². The van der Waals surface area contributed by atoms with E-state index in [1.165, 1.54) is 23.7 Å². The summed E-state index contributed by atoms with van der Waals surface area (Å²) in [6.07, 6.45) is 1.67. The molecule has 0 unspecified atom stereocenters. The van der Waals surface area contributed by atoms with Crippen molar-refractivity contribution in [3.05, 3.63) is 41.8 Å². The number of ether oxygens (including phenoxy) is 1. The van der Waals surface area contributed by atoms with Crippen molar-refractivity contribution < 1.29 is 9.13 Å². The maximum Gasteiger partial charge on any atom is 0.123 e. The van der Waals surface area contributed by atoms with Gasteiger partial charge < -0.3 is 10.5 Å². The second-order valence-electron chi connectivity index (χ2n) is 2.96. The van der Waals surface area contributed by atoms with Crippen molar-refractivity contribution in [1.29, 1.82) is 0 Å². The average Bonchev–Trinajstić information content (AvgIpc) is 2.63. The van der Waals surface area contributed by atoms with Gasteiger partial charge in [-0.1, -0.05) is 0 Å². The van der Waals surface area contributed by atoms with Gasteiger partial charge in [0.15, 0.2) is 0 Å². The van der Waals surface area contributed by atoms with Gasteiger partial charge in [-0.25, -0.2) is 4.39 Å². The monoisotopic (exact) mass is 224 g/mol. The molecule has 15 heavy (non-hydrogen) atoms. The highest BCUT2D eigenvalue weighted by Gasteiger charge is 2.02. The fourth-order valence-corrected chi connectivity index (χ4v) is 1.59. The first kappa shape index (κ1) is 9.92. The second-order valence-corrected chi connectivity index (χ2v) is 3.79. The number of rotatable bonds is 3. The highest BCUT2D eigenvalue weighted by atomic mass is 32.1. The normalized spacial score (nSPS) is 10.2. The molecule has 3 nitrogen and oxygen atoms in total. The van der Waals surface area contributed by atoms with Gasteiger partial charge in [0.2, 0.25) is 0 Å². The van der Waals surface area contributed by atoms with E-state index in [9.17, 15) is 4.39 Å². The Morgan fingerprint density at radius 1 is 1.33 bits per heavy atom. The van der Waals surface area contributed by atoms with E-state index in [-0.39, 0.29) is 5.82 Å². The van der Waals surface area contributed by atoms with E-state index in [4.69, 9.17) is 10.5 Å². The lowest BCUT2D eigenvalue weighted by Crippen LogP contribution is -1.96. The van der Waals surface area contributed by atoms with Gasteiger partial charge in [0.05, 0.1) is 0 Å². The molecule has 0 aliphatic rings. The lowest BCUT2D eigenvalue weighted by Gasteiger charge is -2.04. The third kappa shape index (κ3) is 2.44. The average molecular weight is 224 g/mol. The maximum absolute atomic E-state index is 12.6. The molecule has 0 atom stereocenters. The van der Waals surface area contributed by atoms with Crippen LogP contribution >= 0.6 is 11.5 Å². The Morgan fingerprint density at radius 3 is 2.67 bits per heavy atom. The molecule has 0 aliphatic heterocycles. The van der Waals surface area contributed by atoms with Crippen molar-refractivity contribution in [1.82, 2.24) is 4.37 Å². The lowest BCUT2D eigenvalue weighted by atomic mass is 10.3. The summed E-state index contributed by atoms with van der Waals surface area (Å²) < 4.78 is 21.9. The van der Waals surface area contributed by atoms with Crippen molar-refractivity contribution in [2.45, 2.75) is 6.61 Å². The Bertz CT molecular complexity index is 441. The summed E-state index contributed by atoms with van der Waals surface area (Å²) in [5, 5.41) is 0.650. The first-order valence-corrected chi connectivity index (χ1v) is 5.10. The van der Waals surface area contributed by atoms with Crippen LogP contribution in [0.1, 0.15) is 5.56 Å². The van der Waals surface area contributed by atoms with Crippen molar-refractivity contribution in [3.8, 4) is 5.75 Å². The summed E-state index contributed by atoms with van der Waals surface area (Å²) in [6, 6.07) is 5.85. The first-order chi connectivity index (χ1) is 7.25. The van der Waals surface area contributed by atoms with Gasteiger partial charge in [-0.2, -0.15) is 4.37 Å². The number of halogens is 1. The fourth-order valence-electron chi connectivity index (χ4n) is 1.07. The molecule has 2 N–H and O–H groups in total. The highest BCUT2D eigenvalue weighted by molar-refractivity contribution is 7.10. The van der Waals surface area contributed by atoms with Gasteiger partial charge in [-0.05, 0) is 35.8 Å². The minimum absolute atomic E-state index is 0.279. The van der Waals surface area contributed by atoms with E-state index in [1.54, 1.807) is 18.3 Å². The minimum Gasteiger partial charge on any atom is -0.489 e. The number of anilines is 1.